The Morgan fingerprint density at radius 3 is 2.41 bits per heavy atom. The molecule has 2 nitrogen and oxygen atoms in total. The van der Waals surface area contributed by atoms with Crippen LogP contribution in [-0.4, -0.2) is 25.3 Å². The summed E-state index contributed by atoms with van der Waals surface area (Å²) in [6, 6.07) is 0.615. The number of hydrogen-bond acceptors (Lipinski definition) is 2. The molecule has 0 bridgehead atoms. The van der Waals surface area contributed by atoms with Crippen molar-refractivity contribution in [1.82, 2.24) is 5.32 Å². The van der Waals surface area contributed by atoms with Crippen LogP contribution >= 0.6 is 0 Å². The van der Waals surface area contributed by atoms with Gasteiger partial charge in [-0.3, -0.25) is 0 Å². The fourth-order valence-corrected chi connectivity index (χ4v) is 4.09. The smallest absolute Gasteiger partial charge is 0.0685 e. The third kappa shape index (κ3) is 2.85. The highest BCUT2D eigenvalue weighted by molar-refractivity contribution is 4.96. The average molecular weight is 239 g/mol. The quantitative estimate of drug-likeness (QED) is 0.798. The summed E-state index contributed by atoms with van der Waals surface area (Å²) in [6.07, 6.45) is 7.83. The van der Waals surface area contributed by atoms with Gasteiger partial charge in [0, 0.05) is 12.6 Å². The monoisotopic (exact) mass is 239 g/mol. The van der Waals surface area contributed by atoms with Crippen molar-refractivity contribution in [3.8, 4) is 0 Å². The Hall–Kier alpha value is -0.0800. The second-order valence-electron chi connectivity index (χ2n) is 7.12. The molecule has 0 amide bonds. The SMILES string of the molecule is CNC(C1CCOC2(CCCC2)C1)C(C)(C)C. The summed E-state index contributed by atoms with van der Waals surface area (Å²) in [5, 5.41) is 3.56. The van der Waals surface area contributed by atoms with E-state index in [1.807, 2.05) is 0 Å². The summed E-state index contributed by atoms with van der Waals surface area (Å²) >= 11 is 0. The molecule has 2 unspecified atom stereocenters. The molecule has 1 N–H and O–H groups in total. The van der Waals surface area contributed by atoms with E-state index in [4.69, 9.17) is 4.74 Å². The Morgan fingerprint density at radius 2 is 1.88 bits per heavy atom. The van der Waals surface area contributed by atoms with E-state index < -0.39 is 0 Å². The zero-order valence-electron chi connectivity index (χ0n) is 12.0. The summed E-state index contributed by atoms with van der Waals surface area (Å²) in [7, 11) is 2.12. The minimum absolute atomic E-state index is 0.253. The molecule has 2 atom stereocenters. The van der Waals surface area contributed by atoms with Gasteiger partial charge in [-0.25, -0.2) is 0 Å². The average Bonchev–Trinajstić information content (AvgIpc) is 2.65. The van der Waals surface area contributed by atoms with Gasteiger partial charge < -0.3 is 10.1 Å². The maximum absolute atomic E-state index is 6.14. The van der Waals surface area contributed by atoms with E-state index in [9.17, 15) is 0 Å². The van der Waals surface area contributed by atoms with Crippen LogP contribution in [0.15, 0.2) is 0 Å². The standard InChI is InChI=1S/C15H29NO/c1-14(2,3)13(16-4)12-7-10-17-15(11-12)8-5-6-9-15/h12-13,16H,5-11H2,1-4H3. The Morgan fingerprint density at radius 1 is 1.24 bits per heavy atom. The minimum atomic E-state index is 0.253. The van der Waals surface area contributed by atoms with Gasteiger partial charge in [0.05, 0.1) is 5.60 Å². The number of nitrogens with one attached hydrogen (secondary N) is 1. The van der Waals surface area contributed by atoms with Gasteiger partial charge >= 0.3 is 0 Å². The lowest BCUT2D eigenvalue weighted by molar-refractivity contribution is -0.103. The molecule has 17 heavy (non-hydrogen) atoms. The van der Waals surface area contributed by atoms with E-state index in [-0.39, 0.29) is 5.60 Å². The number of ether oxygens (including phenoxy) is 1. The van der Waals surface area contributed by atoms with Crippen LogP contribution < -0.4 is 5.32 Å². The molecule has 2 heteroatoms. The summed E-state index contributed by atoms with van der Waals surface area (Å²) in [6.45, 7) is 8.03. The predicted octanol–water partition coefficient (Wildman–Crippen LogP) is 3.36. The first-order valence-corrected chi connectivity index (χ1v) is 7.28. The van der Waals surface area contributed by atoms with E-state index in [0.29, 0.717) is 11.5 Å². The van der Waals surface area contributed by atoms with Crippen molar-refractivity contribution in [2.45, 2.75) is 70.9 Å². The molecule has 1 aliphatic carbocycles. The zero-order valence-corrected chi connectivity index (χ0v) is 12.0. The van der Waals surface area contributed by atoms with Gasteiger partial charge in [0.1, 0.15) is 0 Å². The van der Waals surface area contributed by atoms with E-state index in [1.54, 1.807) is 0 Å². The second-order valence-corrected chi connectivity index (χ2v) is 7.12. The molecule has 100 valence electrons. The van der Waals surface area contributed by atoms with Crippen LogP contribution in [0, 0.1) is 11.3 Å². The fourth-order valence-electron chi connectivity index (χ4n) is 4.09. The third-order valence-corrected chi connectivity index (χ3v) is 4.76. The van der Waals surface area contributed by atoms with Gasteiger partial charge in [-0.15, -0.1) is 0 Å². The second kappa shape index (κ2) is 4.89. The van der Waals surface area contributed by atoms with Crippen LogP contribution in [0.2, 0.25) is 0 Å². The Bertz CT molecular complexity index is 250. The van der Waals surface area contributed by atoms with Gasteiger partial charge in [-0.05, 0) is 44.1 Å². The molecule has 0 aromatic carbocycles. The molecule has 1 saturated carbocycles. The van der Waals surface area contributed by atoms with E-state index >= 15 is 0 Å². The molecule has 0 aromatic heterocycles. The van der Waals surface area contributed by atoms with E-state index in [0.717, 1.165) is 12.5 Å². The van der Waals surface area contributed by atoms with Crippen LogP contribution in [0.5, 0.6) is 0 Å². The molecular formula is C15H29NO. The van der Waals surface area contributed by atoms with Crippen molar-refractivity contribution in [2.24, 2.45) is 11.3 Å². The van der Waals surface area contributed by atoms with Gasteiger partial charge in [-0.2, -0.15) is 0 Å². The normalized spacial score (nSPS) is 30.7. The fraction of sp³-hybridized carbons (Fsp3) is 1.00. The van der Waals surface area contributed by atoms with Crippen molar-refractivity contribution in [2.75, 3.05) is 13.7 Å². The van der Waals surface area contributed by atoms with Gasteiger partial charge in [-0.1, -0.05) is 33.6 Å². The molecule has 1 spiro atoms. The largest absolute Gasteiger partial charge is 0.375 e. The Balaban J connectivity index is 2.05. The number of hydrogen-bond donors (Lipinski definition) is 1. The summed E-state index contributed by atoms with van der Waals surface area (Å²) in [5.41, 5.74) is 0.597. The first-order chi connectivity index (χ1) is 7.97. The maximum atomic E-state index is 6.14. The van der Waals surface area contributed by atoms with Gasteiger partial charge in [0.15, 0.2) is 0 Å². The van der Waals surface area contributed by atoms with Crippen molar-refractivity contribution >= 4 is 0 Å². The highest BCUT2D eigenvalue weighted by atomic mass is 16.5. The molecule has 1 aliphatic heterocycles. The highest BCUT2D eigenvalue weighted by Gasteiger charge is 2.43. The molecule has 1 heterocycles. The Kier molecular flexibility index (Phi) is 3.84. The van der Waals surface area contributed by atoms with Gasteiger partial charge in [0.2, 0.25) is 0 Å². The molecular weight excluding hydrogens is 210 g/mol. The van der Waals surface area contributed by atoms with Crippen molar-refractivity contribution < 1.29 is 4.74 Å². The first-order valence-electron chi connectivity index (χ1n) is 7.28. The molecule has 0 aromatic rings. The topological polar surface area (TPSA) is 21.3 Å². The predicted molar refractivity (Wildman–Crippen MR) is 72.2 cm³/mol. The zero-order chi connectivity index (χ0) is 12.5. The summed E-state index contributed by atoms with van der Waals surface area (Å²) in [5.74, 6) is 0.784. The Labute approximate surface area is 107 Å². The van der Waals surface area contributed by atoms with Gasteiger partial charge in [0.25, 0.3) is 0 Å². The highest BCUT2D eigenvalue weighted by Crippen LogP contribution is 2.44. The van der Waals surface area contributed by atoms with Crippen molar-refractivity contribution in [1.29, 1.82) is 0 Å². The maximum Gasteiger partial charge on any atom is 0.0685 e. The molecule has 2 fully saturated rings. The van der Waals surface area contributed by atoms with E-state index in [1.165, 1.54) is 38.5 Å². The van der Waals surface area contributed by atoms with Crippen molar-refractivity contribution in [3.05, 3.63) is 0 Å². The van der Waals surface area contributed by atoms with Crippen LogP contribution in [0.4, 0.5) is 0 Å². The molecule has 2 aliphatic rings. The molecule has 1 saturated heterocycles. The van der Waals surface area contributed by atoms with Crippen molar-refractivity contribution in [3.63, 3.8) is 0 Å². The van der Waals surface area contributed by atoms with Crippen LogP contribution in [0.25, 0.3) is 0 Å². The van der Waals surface area contributed by atoms with Crippen LogP contribution in [0.1, 0.15) is 59.3 Å². The minimum Gasteiger partial charge on any atom is -0.375 e. The molecule has 0 radical (unpaired) electrons. The van der Waals surface area contributed by atoms with Crippen LogP contribution in [-0.2, 0) is 4.74 Å². The molecule has 2 rings (SSSR count). The lowest BCUT2D eigenvalue weighted by atomic mass is 9.72. The van der Waals surface area contributed by atoms with Crippen LogP contribution in [0.3, 0.4) is 0 Å². The lowest BCUT2D eigenvalue weighted by Gasteiger charge is -2.45. The summed E-state index contributed by atoms with van der Waals surface area (Å²) in [4.78, 5) is 0. The summed E-state index contributed by atoms with van der Waals surface area (Å²) < 4.78 is 6.14. The lowest BCUT2D eigenvalue weighted by Crippen LogP contribution is -2.50. The first kappa shape index (κ1) is 13.4. The number of rotatable bonds is 2. The third-order valence-electron chi connectivity index (χ3n) is 4.76. The van der Waals surface area contributed by atoms with E-state index in [2.05, 4.69) is 33.1 Å².